The quantitative estimate of drug-likeness (QED) is 0.760. The van der Waals surface area contributed by atoms with Crippen LogP contribution in [0, 0.1) is 11.3 Å². The van der Waals surface area contributed by atoms with Crippen LogP contribution in [0.5, 0.6) is 0 Å². The zero-order chi connectivity index (χ0) is 19.9. The summed E-state index contributed by atoms with van der Waals surface area (Å²) in [6, 6.07) is 10.1. The van der Waals surface area contributed by atoms with Crippen LogP contribution in [0.2, 0.25) is 0 Å². The van der Waals surface area contributed by atoms with Gasteiger partial charge in [-0.3, -0.25) is 14.6 Å². The van der Waals surface area contributed by atoms with Crippen molar-refractivity contribution in [3.8, 4) is 0 Å². The number of carbonyl (C=O) groups excluding carboxylic acids is 2. The third kappa shape index (κ3) is 3.45. The fraction of sp³-hybridized carbons (Fsp3) is 0.542. The number of hydrogen-bond acceptors (Lipinski definition) is 3. The van der Waals surface area contributed by atoms with Crippen LogP contribution in [0.4, 0.5) is 0 Å². The van der Waals surface area contributed by atoms with Crippen LogP contribution in [0.25, 0.3) is 0 Å². The molecule has 1 amide bonds. The van der Waals surface area contributed by atoms with E-state index < -0.39 is 0 Å². The minimum atomic E-state index is -0.371. The predicted octanol–water partition coefficient (Wildman–Crippen LogP) is 4.52. The lowest BCUT2D eigenvalue weighted by atomic mass is 9.66. The van der Waals surface area contributed by atoms with Crippen molar-refractivity contribution in [1.82, 2.24) is 4.90 Å². The van der Waals surface area contributed by atoms with Gasteiger partial charge in [0.05, 0.1) is 5.92 Å². The topological polar surface area (TPSA) is 49.7 Å². The van der Waals surface area contributed by atoms with Gasteiger partial charge in [0.25, 0.3) is 0 Å². The van der Waals surface area contributed by atoms with Crippen LogP contribution >= 0.6 is 0 Å². The molecule has 0 N–H and O–H groups in total. The normalized spacial score (nSPS) is 27.3. The minimum Gasteiger partial charge on any atom is -0.342 e. The third-order valence-corrected chi connectivity index (χ3v) is 6.39. The Bertz CT molecular complexity index is 845. The maximum Gasteiger partial charge on any atom is 0.232 e. The molecular formula is C24H30N2O2. The molecule has 4 heteroatoms. The average molecular weight is 379 g/mol. The van der Waals surface area contributed by atoms with E-state index in [9.17, 15) is 9.59 Å². The van der Waals surface area contributed by atoms with Crippen molar-refractivity contribution >= 4 is 17.4 Å². The molecule has 28 heavy (non-hydrogen) atoms. The number of hydrogen-bond donors (Lipinski definition) is 0. The number of rotatable bonds is 2. The first-order chi connectivity index (χ1) is 13.4. The molecule has 4 rings (SSSR count). The summed E-state index contributed by atoms with van der Waals surface area (Å²) in [6.45, 7) is 7.86. The van der Waals surface area contributed by atoms with E-state index in [0.29, 0.717) is 6.42 Å². The molecule has 1 aromatic carbocycles. The van der Waals surface area contributed by atoms with Gasteiger partial charge in [-0.05, 0) is 43.6 Å². The van der Waals surface area contributed by atoms with Crippen LogP contribution in [-0.2, 0) is 9.59 Å². The second-order valence-corrected chi connectivity index (χ2v) is 9.31. The number of carbonyl (C=O) groups is 2. The first-order valence-electron chi connectivity index (χ1n) is 10.5. The van der Waals surface area contributed by atoms with Gasteiger partial charge in [-0.1, -0.05) is 44.2 Å². The smallest absolute Gasteiger partial charge is 0.232 e. The zero-order valence-corrected chi connectivity index (χ0v) is 17.2. The Morgan fingerprint density at radius 3 is 2.43 bits per heavy atom. The second kappa shape index (κ2) is 7.31. The summed E-state index contributed by atoms with van der Waals surface area (Å²) >= 11 is 0. The lowest BCUT2D eigenvalue weighted by molar-refractivity contribution is -0.134. The second-order valence-electron chi connectivity index (χ2n) is 9.31. The number of benzene rings is 1. The highest BCUT2D eigenvalue weighted by atomic mass is 16.2. The van der Waals surface area contributed by atoms with Gasteiger partial charge in [0.2, 0.25) is 5.91 Å². The van der Waals surface area contributed by atoms with E-state index in [0.717, 1.165) is 54.9 Å². The highest BCUT2D eigenvalue weighted by Crippen LogP contribution is 2.48. The SMILES string of the molecule is CC1=NC2=C(C(=O)CC(C)(C)C2)[C@H](c2ccccc2)C1C(=O)N1CCCCC1. The molecule has 1 unspecified atom stereocenters. The Morgan fingerprint density at radius 1 is 1.07 bits per heavy atom. The van der Waals surface area contributed by atoms with Gasteiger partial charge < -0.3 is 4.90 Å². The standard InChI is InChI=1S/C24H30N2O2/c1-16-20(23(28)26-12-8-5-9-13-26)21(17-10-6-4-7-11-17)22-18(25-16)14-24(2,3)15-19(22)27/h4,6-7,10-11,20-21H,5,8-9,12-15H2,1-3H3/t20?,21-/m1/s1. The number of piperidine rings is 1. The summed E-state index contributed by atoms with van der Waals surface area (Å²) < 4.78 is 0. The molecule has 1 aromatic rings. The zero-order valence-electron chi connectivity index (χ0n) is 17.2. The third-order valence-electron chi connectivity index (χ3n) is 6.39. The summed E-state index contributed by atoms with van der Waals surface area (Å²) in [4.78, 5) is 33.6. The van der Waals surface area contributed by atoms with E-state index in [2.05, 4.69) is 26.0 Å². The molecular weight excluding hydrogens is 348 g/mol. The van der Waals surface area contributed by atoms with E-state index >= 15 is 0 Å². The molecule has 0 saturated carbocycles. The Morgan fingerprint density at radius 2 is 1.75 bits per heavy atom. The Labute approximate surface area is 167 Å². The largest absolute Gasteiger partial charge is 0.342 e. The number of nitrogens with zero attached hydrogens (tertiary/aromatic N) is 2. The first kappa shape index (κ1) is 19.1. The van der Waals surface area contributed by atoms with Gasteiger partial charge in [0.15, 0.2) is 5.78 Å². The first-order valence-corrected chi connectivity index (χ1v) is 10.5. The lowest BCUT2D eigenvalue weighted by Crippen LogP contribution is -2.46. The van der Waals surface area contributed by atoms with E-state index in [-0.39, 0.29) is 28.9 Å². The van der Waals surface area contributed by atoms with Crippen molar-refractivity contribution in [1.29, 1.82) is 0 Å². The van der Waals surface area contributed by atoms with Gasteiger partial charge in [0.1, 0.15) is 0 Å². The maximum atomic E-state index is 13.6. The Kier molecular flexibility index (Phi) is 4.98. The van der Waals surface area contributed by atoms with Crippen LogP contribution in [0.1, 0.15) is 64.4 Å². The predicted molar refractivity (Wildman–Crippen MR) is 111 cm³/mol. The molecule has 1 fully saturated rings. The molecule has 0 aromatic heterocycles. The maximum absolute atomic E-state index is 13.6. The summed E-state index contributed by atoms with van der Waals surface area (Å²) in [7, 11) is 0. The van der Waals surface area contributed by atoms with Crippen molar-refractivity contribution in [2.75, 3.05) is 13.1 Å². The van der Waals surface area contributed by atoms with E-state index in [1.165, 1.54) is 6.42 Å². The van der Waals surface area contributed by atoms with Crippen LogP contribution in [0.15, 0.2) is 46.6 Å². The van der Waals surface area contributed by atoms with Gasteiger partial charge in [-0.15, -0.1) is 0 Å². The highest BCUT2D eigenvalue weighted by molar-refractivity contribution is 6.10. The summed E-state index contributed by atoms with van der Waals surface area (Å²) in [5, 5.41) is 0. The monoisotopic (exact) mass is 378 g/mol. The lowest BCUT2D eigenvalue weighted by Gasteiger charge is -2.41. The Hall–Kier alpha value is -2.23. The van der Waals surface area contributed by atoms with Crippen LogP contribution < -0.4 is 0 Å². The van der Waals surface area contributed by atoms with Gasteiger partial charge in [0, 0.05) is 42.4 Å². The molecule has 1 saturated heterocycles. The molecule has 0 bridgehead atoms. The van der Waals surface area contributed by atoms with Crippen LogP contribution in [0.3, 0.4) is 0 Å². The number of aliphatic imine (C=N–C) groups is 1. The molecule has 148 valence electrons. The molecule has 0 spiro atoms. The molecule has 3 aliphatic rings. The summed E-state index contributed by atoms with van der Waals surface area (Å²) in [5.41, 5.74) is 3.51. The number of ketones is 1. The van der Waals surface area contributed by atoms with E-state index in [4.69, 9.17) is 4.99 Å². The van der Waals surface area contributed by atoms with Crippen molar-refractivity contribution in [2.24, 2.45) is 16.3 Å². The number of allylic oxidation sites excluding steroid dienone is 2. The molecule has 2 heterocycles. The molecule has 4 nitrogen and oxygen atoms in total. The Balaban J connectivity index is 1.80. The van der Waals surface area contributed by atoms with Crippen molar-refractivity contribution < 1.29 is 9.59 Å². The molecule has 2 atom stereocenters. The highest BCUT2D eigenvalue weighted by Gasteiger charge is 2.46. The van der Waals surface area contributed by atoms with Crippen LogP contribution in [-0.4, -0.2) is 35.4 Å². The van der Waals surface area contributed by atoms with Crippen molar-refractivity contribution in [2.45, 2.75) is 58.8 Å². The number of likely N-dealkylation sites (tertiary alicyclic amines) is 1. The average Bonchev–Trinajstić information content (AvgIpc) is 2.67. The number of amides is 1. The fourth-order valence-corrected chi connectivity index (χ4v) is 5.10. The minimum absolute atomic E-state index is 0.0787. The van der Waals surface area contributed by atoms with Crippen molar-refractivity contribution in [3.63, 3.8) is 0 Å². The van der Waals surface area contributed by atoms with E-state index in [1.54, 1.807) is 0 Å². The fourth-order valence-electron chi connectivity index (χ4n) is 5.10. The van der Waals surface area contributed by atoms with E-state index in [1.807, 2.05) is 30.0 Å². The van der Waals surface area contributed by atoms with Gasteiger partial charge in [-0.2, -0.15) is 0 Å². The molecule has 1 aliphatic carbocycles. The van der Waals surface area contributed by atoms with Gasteiger partial charge >= 0.3 is 0 Å². The molecule has 0 radical (unpaired) electrons. The molecule has 2 aliphatic heterocycles. The summed E-state index contributed by atoms with van der Waals surface area (Å²) in [5.74, 6) is -0.289. The van der Waals surface area contributed by atoms with Gasteiger partial charge in [-0.25, -0.2) is 0 Å². The summed E-state index contributed by atoms with van der Waals surface area (Å²) in [6.07, 6.45) is 4.62. The van der Waals surface area contributed by atoms with Crippen molar-refractivity contribution in [3.05, 3.63) is 47.2 Å². The number of Topliss-reactive ketones (excluding diaryl/α,β-unsaturated/α-hetero) is 1.